The van der Waals surface area contributed by atoms with Crippen LogP contribution < -0.4 is 0 Å². The second kappa shape index (κ2) is 15.3. The summed E-state index contributed by atoms with van der Waals surface area (Å²) < 4.78 is 0. The van der Waals surface area contributed by atoms with E-state index in [4.69, 9.17) is 24.9 Å². The zero-order chi connectivity index (χ0) is 38.7. The average molecular weight is 742 g/mol. The van der Waals surface area contributed by atoms with Gasteiger partial charge in [-0.15, -0.1) is 0 Å². The zero-order valence-corrected chi connectivity index (χ0v) is 31.4. The first kappa shape index (κ1) is 34.6. The van der Waals surface area contributed by atoms with Crippen LogP contribution in [0.1, 0.15) is 0 Å². The van der Waals surface area contributed by atoms with Gasteiger partial charge < -0.3 is 0 Å². The number of nitrogens with zero attached hydrogens (tertiary/aromatic N) is 5. The van der Waals surface area contributed by atoms with Crippen molar-refractivity contribution >= 4 is 10.8 Å². The van der Waals surface area contributed by atoms with Crippen molar-refractivity contribution in [2.45, 2.75) is 0 Å². The normalized spacial score (nSPS) is 11.1. The largest absolute Gasteiger partial charge is 0.228 e. The molecule has 0 bridgehead atoms. The van der Waals surface area contributed by atoms with Crippen LogP contribution >= 0.6 is 0 Å². The number of benzene rings is 8. The molecule has 0 fully saturated rings. The summed E-state index contributed by atoms with van der Waals surface area (Å²) in [5.74, 6) is 2.52. The molecular weight excluding hydrogens is 707 g/mol. The fourth-order valence-electron chi connectivity index (χ4n) is 7.54. The topological polar surface area (TPSA) is 64.5 Å². The molecule has 2 aromatic heterocycles. The molecule has 10 rings (SSSR count). The van der Waals surface area contributed by atoms with Gasteiger partial charge in [-0.1, -0.05) is 194 Å². The van der Waals surface area contributed by atoms with Crippen molar-refractivity contribution in [3.63, 3.8) is 0 Å². The molecule has 0 amide bonds. The van der Waals surface area contributed by atoms with Crippen LogP contribution in [0.25, 0.3) is 101 Å². The van der Waals surface area contributed by atoms with Crippen molar-refractivity contribution in [3.05, 3.63) is 212 Å². The molecule has 8 aromatic carbocycles. The fraction of sp³-hybridized carbons (Fsp3) is 0. The molecule has 272 valence electrons. The van der Waals surface area contributed by atoms with E-state index in [1.54, 1.807) is 0 Å². The van der Waals surface area contributed by atoms with Gasteiger partial charge in [0.2, 0.25) is 0 Å². The standard InChI is InChI=1S/C53H35N5/c1-5-19-36(20-6-1)48-35-49(37-21-7-2-8-22-37)55-52(54-48)45-31-17-15-29-43(45)41-33-40-27-13-14-28-42(40)47(34-41)44-30-16-18-32-46(44)53-57-50(38-23-9-3-10-24-38)56-51(58-53)39-25-11-4-12-26-39/h1-35H. The van der Waals surface area contributed by atoms with E-state index in [2.05, 4.69) is 115 Å². The van der Waals surface area contributed by atoms with Gasteiger partial charge in [0.15, 0.2) is 23.3 Å². The first-order valence-electron chi connectivity index (χ1n) is 19.3. The van der Waals surface area contributed by atoms with Crippen LogP contribution in [0, 0.1) is 0 Å². The molecule has 2 heterocycles. The van der Waals surface area contributed by atoms with E-state index in [1.165, 1.54) is 0 Å². The van der Waals surface area contributed by atoms with Gasteiger partial charge in [0.1, 0.15) is 0 Å². The first-order chi connectivity index (χ1) is 28.7. The quantitative estimate of drug-likeness (QED) is 0.155. The predicted molar refractivity (Wildman–Crippen MR) is 236 cm³/mol. The first-order valence-corrected chi connectivity index (χ1v) is 19.3. The molecule has 0 unspecified atom stereocenters. The second-order valence-electron chi connectivity index (χ2n) is 14.1. The lowest BCUT2D eigenvalue weighted by Gasteiger charge is -2.17. The van der Waals surface area contributed by atoms with Crippen molar-refractivity contribution in [1.29, 1.82) is 0 Å². The monoisotopic (exact) mass is 741 g/mol. The van der Waals surface area contributed by atoms with Crippen molar-refractivity contribution < 1.29 is 0 Å². The van der Waals surface area contributed by atoms with Crippen LogP contribution in [-0.2, 0) is 0 Å². The third-order valence-corrected chi connectivity index (χ3v) is 10.4. The summed E-state index contributed by atoms with van der Waals surface area (Å²) in [5.41, 5.74) is 11.7. The van der Waals surface area contributed by atoms with Crippen LogP contribution in [0.4, 0.5) is 0 Å². The Kier molecular flexibility index (Phi) is 9.14. The van der Waals surface area contributed by atoms with Gasteiger partial charge in [-0.3, -0.25) is 0 Å². The molecule has 0 aliphatic heterocycles. The summed E-state index contributed by atoms with van der Waals surface area (Å²) in [6.07, 6.45) is 0. The van der Waals surface area contributed by atoms with E-state index in [9.17, 15) is 0 Å². The minimum atomic E-state index is 0.609. The molecule has 58 heavy (non-hydrogen) atoms. The number of rotatable bonds is 8. The van der Waals surface area contributed by atoms with Gasteiger partial charge in [-0.25, -0.2) is 24.9 Å². The SMILES string of the molecule is c1ccc(-c2cc(-c3ccccc3)nc(-c3ccccc3-c3cc(-c4ccccc4-c4nc(-c5ccccc5)nc(-c5ccccc5)n4)c4ccccc4c3)n2)cc1. The van der Waals surface area contributed by atoms with Crippen LogP contribution in [0.15, 0.2) is 212 Å². The molecular formula is C53H35N5. The summed E-state index contributed by atoms with van der Waals surface area (Å²) in [6.45, 7) is 0. The Bertz CT molecular complexity index is 2930. The zero-order valence-electron chi connectivity index (χ0n) is 31.4. The van der Waals surface area contributed by atoms with E-state index in [-0.39, 0.29) is 0 Å². The highest BCUT2D eigenvalue weighted by Gasteiger charge is 2.20. The molecule has 0 aliphatic rings. The van der Waals surface area contributed by atoms with E-state index >= 15 is 0 Å². The third kappa shape index (κ3) is 6.82. The molecule has 5 nitrogen and oxygen atoms in total. The smallest absolute Gasteiger partial charge is 0.164 e. The highest BCUT2D eigenvalue weighted by atomic mass is 15.0. The van der Waals surface area contributed by atoms with Gasteiger partial charge in [0, 0.05) is 33.4 Å². The third-order valence-electron chi connectivity index (χ3n) is 10.4. The molecule has 10 aromatic rings. The summed E-state index contributed by atoms with van der Waals surface area (Å²) in [6, 6.07) is 72.9. The molecule has 0 atom stereocenters. The maximum Gasteiger partial charge on any atom is 0.164 e. The maximum atomic E-state index is 5.22. The molecule has 0 N–H and O–H groups in total. The fourth-order valence-corrected chi connectivity index (χ4v) is 7.54. The van der Waals surface area contributed by atoms with E-state index in [1.807, 2.05) is 97.1 Å². The molecule has 0 saturated heterocycles. The lowest BCUT2D eigenvalue weighted by Crippen LogP contribution is -2.01. The summed E-state index contributed by atoms with van der Waals surface area (Å²) in [7, 11) is 0. The molecule has 0 radical (unpaired) electrons. The molecule has 0 aliphatic carbocycles. The second-order valence-corrected chi connectivity index (χ2v) is 14.1. The summed E-state index contributed by atoms with van der Waals surface area (Å²) in [4.78, 5) is 25.6. The van der Waals surface area contributed by atoms with Crippen LogP contribution in [-0.4, -0.2) is 24.9 Å². The summed E-state index contributed by atoms with van der Waals surface area (Å²) >= 11 is 0. The number of aromatic nitrogens is 5. The van der Waals surface area contributed by atoms with Gasteiger partial charge >= 0.3 is 0 Å². The van der Waals surface area contributed by atoms with Crippen LogP contribution in [0.2, 0.25) is 0 Å². The molecule has 0 spiro atoms. The lowest BCUT2D eigenvalue weighted by atomic mass is 9.89. The van der Waals surface area contributed by atoms with Gasteiger partial charge in [-0.2, -0.15) is 0 Å². The van der Waals surface area contributed by atoms with Gasteiger partial charge in [0.25, 0.3) is 0 Å². The number of hydrogen-bond donors (Lipinski definition) is 0. The minimum absolute atomic E-state index is 0.609. The lowest BCUT2D eigenvalue weighted by molar-refractivity contribution is 1.07. The van der Waals surface area contributed by atoms with E-state index < -0.39 is 0 Å². The Labute approximate surface area is 337 Å². The Morgan fingerprint density at radius 1 is 0.224 bits per heavy atom. The minimum Gasteiger partial charge on any atom is -0.228 e. The van der Waals surface area contributed by atoms with Crippen LogP contribution in [0.5, 0.6) is 0 Å². The van der Waals surface area contributed by atoms with Crippen molar-refractivity contribution in [2.24, 2.45) is 0 Å². The Morgan fingerprint density at radius 2 is 0.621 bits per heavy atom. The molecule has 5 heteroatoms. The van der Waals surface area contributed by atoms with E-state index in [0.29, 0.717) is 23.3 Å². The number of hydrogen-bond acceptors (Lipinski definition) is 5. The van der Waals surface area contributed by atoms with Gasteiger partial charge in [0.05, 0.1) is 11.4 Å². The van der Waals surface area contributed by atoms with Gasteiger partial charge in [-0.05, 0) is 51.2 Å². The van der Waals surface area contributed by atoms with Crippen LogP contribution in [0.3, 0.4) is 0 Å². The van der Waals surface area contributed by atoms with Crippen molar-refractivity contribution in [1.82, 2.24) is 24.9 Å². The van der Waals surface area contributed by atoms with E-state index in [0.717, 1.165) is 77.8 Å². The highest BCUT2D eigenvalue weighted by molar-refractivity contribution is 6.03. The average Bonchev–Trinajstić information content (AvgIpc) is 3.32. The Hall–Kier alpha value is -7.89. The predicted octanol–water partition coefficient (Wildman–Crippen LogP) is 13.2. The Morgan fingerprint density at radius 3 is 1.17 bits per heavy atom. The Balaban J connectivity index is 1.17. The summed E-state index contributed by atoms with van der Waals surface area (Å²) in [5, 5.41) is 2.25. The molecule has 0 saturated carbocycles. The van der Waals surface area contributed by atoms with Crippen molar-refractivity contribution in [3.8, 4) is 90.3 Å². The number of fused-ring (bicyclic) bond motifs is 1. The highest BCUT2D eigenvalue weighted by Crippen LogP contribution is 2.41. The maximum absolute atomic E-state index is 5.22. The van der Waals surface area contributed by atoms with Crippen molar-refractivity contribution in [2.75, 3.05) is 0 Å².